The van der Waals surface area contributed by atoms with Crippen molar-refractivity contribution in [2.45, 2.75) is 34.1 Å². The molecule has 0 aliphatic heterocycles. The Hall–Kier alpha value is -0.920. The molecule has 2 heteroatoms. The first kappa shape index (κ1) is 12.1. The van der Waals surface area contributed by atoms with Crippen LogP contribution in [0.3, 0.4) is 0 Å². The van der Waals surface area contributed by atoms with E-state index in [-0.39, 0.29) is 0 Å². The first-order chi connectivity index (χ1) is 5.99. The lowest BCUT2D eigenvalue weighted by atomic mass is 10.0. The molecule has 13 heavy (non-hydrogen) atoms. The van der Waals surface area contributed by atoms with Crippen molar-refractivity contribution in [2.24, 2.45) is 23.3 Å². The molecule has 0 heterocycles. The van der Waals surface area contributed by atoms with E-state index in [9.17, 15) is 0 Å². The first-order valence-corrected chi connectivity index (χ1v) is 4.91. The molecule has 0 spiro atoms. The Morgan fingerprint density at radius 3 is 1.92 bits per heavy atom. The van der Waals surface area contributed by atoms with Gasteiger partial charge < -0.3 is 11.5 Å². The molecule has 1 unspecified atom stereocenters. The van der Waals surface area contributed by atoms with Gasteiger partial charge in [0.25, 0.3) is 0 Å². The number of nitrogens with two attached hydrogens (primary N) is 2. The average molecular weight is 182 g/mol. The highest BCUT2D eigenvalue weighted by Gasteiger charge is 2.00. The van der Waals surface area contributed by atoms with Crippen LogP contribution in [0.25, 0.3) is 0 Å². The molecule has 0 saturated heterocycles. The summed E-state index contributed by atoms with van der Waals surface area (Å²) in [5, 5.41) is 0. The van der Waals surface area contributed by atoms with E-state index in [1.54, 1.807) is 0 Å². The molecule has 0 aromatic rings. The minimum absolute atomic E-state index is 0.390. The Bertz CT molecular complexity index is 202. The predicted octanol–water partition coefficient (Wildman–Crippen LogP) is 2.37. The zero-order chi connectivity index (χ0) is 10.4. The van der Waals surface area contributed by atoms with Crippen LogP contribution in [0.4, 0.5) is 0 Å². The summed E-state index contributed by atoms with van der Waals surface area (Å²) in [6, 6.07) is 0. The van der Waals surface area contributed by atoms with E-state index in [0.717, 1.165) is 17.8 Å². The minimum atomic E-state index is 0.390. The van der Waals surface area contributed by atoms with E-state index < -0.39 is 0 Å². The van der Waals surface area contributed by atoms with E-state index in [2.05, 4.69) is 27.7 Å². The fourth-order valence-corrected chi connectivity index (χ4v) is 0.785. The van der Waals surface area contributed by atoms with Crippen LogP contribution in [0.5, 0.6) is 0 Å². The number of allylic oxidation sites excluding steroid dienone is 4. The van der Waals surface area contributed by atoms with E-state index in [1.807, 2.05) is 12.2 Å². The third-order valence-corrected chi connectivity index (χ3v) is 2.32. The molecule has 0 rings (SSSR count). The van der Waals surface area contributed by atoms with Crippen molar-refractivity contribution in [3.63, 3.8) is 0 Å². The Labute approximate surface area is 81.7 Å². The molecule has 1 atom stereocenters. The Morgan fingerprint density at radius 2 is 1.54 bits per heavy atom. The van der Waals surface area contributed by atoms with Crippen LogP contribution >= 0.6 is 0 Å². The van der Waals surface area contributed by atoms with Gasteiger partial charge in [0, 0.05) is 11.4 Å². The molecular formula is C11H22N2. The molecule has 76 valence electrons. The Morgan fingerprint density at radius 1 is 1.08 bits per heavy atom. The fourth-order valence-electron chi connectivity index (χ4n) is 0.785. The molecule has 0 amide bonds. The van der Waals surface area contributed by atoms with Crippen LogP contribution in [0.2, 0.25) is 0 Å². The third kappa shape index (κ3) is 4.61. The van der Waals surface area contributed by atoms with Crippen LogP contribution in [0, 0.1) is 11.8 Å². The zero-order valence-corrected chi connectivity index (χ0v) is 9.17. The predicted molar refractivity (Wildman–Crippen MR) is 58.8 cm³/mol. The summed E-state index contributed by atoms with van der Waals surface area (Å²) in [7, 11) is 0. The summed E-state index contributed by atoms with van der Waals surface area (Å²) in [6.45, 7) is 8.38. The quantitative estimate of drug-likeness (QED) is 0.656. The zero-order valence-electron chi connectivity index (χ0n) is 9.17. The van der Waals surface area contributed by atoms with Crippen molar-refractivity contribution in [1.29, 1.82) is 0 Å². The molecule has 0 bridgehead atoms. The highest BCUT2D eigenvalue weighted by Crippen LogP contribution is 2.09. The summed E-state index contributed by atoms with van der Waals surface area (Å²) < 4.78 is 0. The van der Waals surface area contributed by atoms with E-state index >= 15 is 0 Å². The molecule has 0 aliphatic rings. The van der Waals surface area contributed by atoms with E-state index in [4.69, 9.17) is 11.5 Å². The van der Waals surface area contributed by atoms with Crippen molar-refractivity contribution in [2.75, 3.05) is 0 Å². The van der Waals surface area contributed by atoms with Gasteiger partial charge in [0.2, 0.25) is 0 Å². The third-order valence-electron chi connectivity index (χ3n) is 2.32. The second-order valence-corrected chi connectivity index (χ2v) is 3.80. The first-order valence-electron chi connectivity index (χ1n) is 4.91. The lowest BCUT2D eigenvalue weighted by Gasteiger charge is -2.08. The monoisotopic (exact) mass is 182 g/mol. The molecular weight excluding hydrogens is 160 g/mol. The van der Waals surface area contributed by atoms with Crippen LogP contribution in [-0.4, -0.2) is 0 Å². The van der Waals surface area contributed by atoms with E-state index in [0.29, 0.717) is 11.8 Å². The molecule has 0 aliphatic carbocycles. The van der Waals surface area contributed by atoms with Gasteiger partial charge in [0.15, 0.2) is 0 Å². The fraction of sp³-hybridized carbons (Fsp3) is 0.636. The normalized spacial score (nSPS) is 16.4. The van der Waals surface area contributed by atoms with Gasteiger partial charge in [-0.2, -0.15) is 0 Å². The number of hydrogen-bond acceptors (Lipinski definition) is 2. The van der Waals surface area contributed by atoms with Gasteiger partial charge >= 0.3 is 0 Å². The van der Waals surface area contributed by atoms with Gasteiger partial charge in [-0.3, -0.25) is 0 Å². The van der Waals surface area contributed by atoms with Crippen molar-refractivity contribution in [1.82, 2.24) is 0 Å². The maximum Gasteiger partial charge on any atom is 0.0110 e. The van der Waals surface area contributed by atoms with Gasteiger partial charge in [0.1, 0.15) is 0 Å². The summed E-state index contributed by atoms with van der Waals surface area (Å²) >= 11 is 0. The topological polar surface area (TPSA) is 52.0 Å². The molecule has 0 saturated carbocycles. The van der Waals surface area contributed by atoms with Gasteiger partial charge in [-0.1, -0.05) is 27.7 Å². The van der Waals surface area contributed by atoms with Gasteiger partial charge in [-0.15, -0.1) is 0 Å². The Balaban J connectivity index is 4.32. The maximum atomic E-state index is 5.84. The number of hydrogen-bond donors (Lipinski definition) is 2. The summed E-state index contributed by atoms with van der Waals surface area (Å²) in [4.78, 5) is 0. The number of rotatable bonds is 4. The smallest absolute Gasteiger partial charge is 0.0110 e. The standard InChI is InChI=1S/C11H22N2/c1-5-9(4)11(13)7-6-10(12)8(2)3/h6-9H,5,12-13H2,1-4H3/b10-6-,11-7-. The second kappa shape index (κ2) is 5.68. The van der Waals surface area contributed by atoms with Crippen molar-refractivity contribution in [3.05, 3.63) is 23.5 Å². The molecule has 2 nitrogen and oxygen atoms in total. The lowest BCUT2D eigenvalue weighted by Crippen LogP contribution is -2.08. The van der Waals surface area contributed by atoms with Crippen LogP contribution in [-0.2, 0) is 0 Å². The van der Waals surface area contributed by atoms with E-state index in [1.165, 1.54) is 0 Å². The minimum Gasteiger partial charge on any atom is -0.402 e. The van der Waals surface area contributed by atoms with Crippen molar-refractivity contribution < 1.29 is 0 Å². The Kier molecular flexibility index (Phi) is 5.28. The van der Waals surface area contributed by atoms with Crippen LogP contribution in [0.1, 0.15) is 34.1 Å². The molecule has 0 radical (unpaired) electrons. The van der Waals surface area contributed by atoms with Gasteiger partial charge in [-0.05, 0) is 30.4 Å². The highest BCUT2D eigenvalue weighted by atomic mass is 14.6. The summed E-state index contributed by atoms with van der Waals surface area (Å²) in [5.74, 6) is 0.831. The summed E-state index contributed by atoms with van der Waals surface area (Å²) in [5.41, 5.74) is 13.4. The average Bonchev–Trinajstić information content (AvgIpc) is 2.11. The molecule has 0 aromatic carbocycles. The van der Waals surface area contributed by atoms with Crippen LogP contribution < -0.4 is 11.5 Å². The molecule has 4 N–H and O–H groups in total. The largest absolute Gasteiger partial charge is 0.402 e. The maximum absolute atomic E-state index is 5.84. The SMILES string of the molecule is CCC(C)/C(N)=C/C=C(\N)C(C)C. The van der Waals surface area contributed by atoms with Gasteiger partial charge in [0.05, 0.1) is 0 Å². The highest BCUT2D eigenvalue weighted by molar-refractivity contribution is 5.16. The summed E-state index contributed by atoms with van der Waals surface area (Å²) in [6.07, 6.45) is 4.90. The van der Waals surface area contributed by atoms with Crippen molar-refractivity contribution in [3.8, 4) is 0 Å². The molecule has 0 aromatic heterocycles. The van der Waals surface area contributed by atoms with Crippen molar-refractivity contribution >= 4 is 0 Å². The lowest BCUT2D eigenvalue weighted by molar-refractivity contribution is 0.647. The molecule has 0 fully saturated rings. The van der Waals surface area contributed by atoms with Gasteiger partial charge in [-0.25, -0.2) is 0 Å². The second-order valence-electron chi connectivity index (χ2n) is 3.80. The van der Waals surface area contributed by atoms with Crippen LogP contribution in [0.15, 0.2) is 23.5 Å².